The average Bonchev–Trinajstić information content (AvgIpc) is 3.31. The highest BCUT2D eigenvalue weighted by Crippen LogP contribution is 2.29. The Kier molecular flexibility index (Phi) is 6.23. The number of amides is 1. The minimum atomic E-state index is -0.721. The molecule has 4 rings (SSSR count). The van der Waals surface area contributed by atoms with Crippen molar-refractivity contribution in [3.63, 3.8) is 0 Å². The van der Waals surface area contributed by atoms with E-state index in [4.69, 9.17) is 15.3 Å². The van der Waals surface area contributed by atoms with Crippen LogP contribution in [0.5, 0.6) is 0 Å². The van der Waals surface area contributed by atoms with Crippen molar-refractivity contribution >= 4 is 5.91 Å². The fraction of sp³-hybridized carbons (Fsp3) is 0.304. The highest BCUT2D eigenvalue weighted by Gasteiger charge is 2.29. The topological polar surface area (TPSA) is 95.8 Å². The molecule has 1 fully saturated rings. The van der Waals surface area contributed by atoms with Crippen molar-refractivity contribution in [2.75, 3.05) is 32.8 Å². The summed E-state index contributed by atoms with van der Waals surface area (Å²) in [6.45, 7) is 2.42. The van der Waals surface area contributed by atoms with Crippen LogP contribution in [-0.4, -0.2) is 58.6 Å². The number of aromatic nitrogens is 1. The van der Waals surface area contributed by atoms with Gasteiger partial charge in [-0.05, 0) is 11.1 Å². The molecular weight excluding hydrogens is 380 g/mol. The molecule has 3 N–H and O–H groups in total. The van der Waals surface area contributed by atoms with E-state index in [9.17, 15) is 4.79 Å². The first-order valence-corrected chi connectivity index (χ1v) is 10.1. The van der Waals surface area contributed by atoms with Gasteiger partial charge in [0.1, 0.15) is 12.3 Å². The van der Waals surface area contributed by atoms with E-state index >= 15 is 0 Å². The Morgan fingerprint density at radius 3 is 2.10 bits per heavy atom. The first kappa shape index (κ1) is 20.3. The number of carbonyl (C=O) groups is 1. The van der Waals surface area contributed by atoms with Gasteiger partial charge in [0.25, 0.3) is 5.91 Å². The summed E-state index contributed by atoms with van der Waals surface area (Å²) in [4.78, 5) is 21.2. The third kappa shape index (κ3) is 4.28. The third-order valence-electron chi connectivity index (χ3n) is 5.45. The van der Waals surface area contributed by atoms with Crippen molar-refractivity contribution in [2.24, 2.45) is 5.73 Å². The van der Waals surface area contributed by atoms with Crippen LogP contribution in [0.4, 0.5) is 0 Å². The van der Waals surface area contributed by atoms with E-state index in [2.05, 4.69) is 58.4 Å². The van der Waals surface area contributed by atoms with E-state index in [-0.39, 0.29) is 30.1 Å². The Bertz CT molecular complexity index is 913. The maximum Gasteiger partial charge on any atom is 0.275 e. The molecule has 0 radical (unpaired) electrons. The number of nitrogens with two attached hydrogens (primary N) is 1. The van der Waals surface area contributed by atoms with E-state index < -0.39 is 6.04 Å². The van der Waals surface area contributed by atoms with Gasteiger partial charge in [0.2, 0.25) is 5.89 Å². The normalized spacial score (nSPS) is 16.0. The van der Waals surface area contributed by atoms with Gasteiger partial charge in [-0.2, -0.15) is 0 Å². The number of piperazine rings is 1. The van der Waals surface area contributed by atoms with E-state index in [1.807, 2.05) is 12.1 Å². The lowest BCUT2D eigenvalue weighted by molar-refractivity contribution is 0.0591. The van der Waals surface area contributed by atoms with E-state index in [1.165, 1.54) is 17.4 Å². The van der Waals surface area contributed by atoms with Crippen LogP contribution in [0.25, 0.3) is 0 Å². The van der Waals surface area contributed by atoms with Gasteiger partial charge < -0.3 is 20.2 Å². The van der Waals surface area contributed by atoms with Gasteiger partial charge in [-0.15, -0.1) is 0 Å². The molecule has 3 aromatic rings. The predicted molar refractivity (Wildman–Crippen MR) is 113 cm³/mol. The highest BCUT2D eigenvalue weighted by molar-refractivity contribution is 5.92. The van der Waals surface area contributed by atoms with Gasteiger partial charge in [-0.1, -0.05) is 60.7 Å². The number of nitrogens with zero attached hydrogens (tertiary/aromatic N) is 3. The number of aliphatic hydroxyl groups is 1. The number of hydrogen-bond acceptors (Lipinski definition) is 6. The average molecular weight is 406 g/mol. The van der Waals surface area contributed by atoms with Crippen molar-refractivity contribution in [1.82, 2.24) is 14.8 Å². The number of aliphatic hydroxyl groups excluding tert-OH is 1. The molecule has 0 aliphatic carbocycles. The van der Waals surface area contributed by atoms with Gasteiger partial charge in [0, 0.05) is 26.2 Å². The Morgan fingerprint density at radius 2 is 1.57 bits per heavy atom. The lowest BCUT2D eigenvalue weighted by Gasteiger charge is -2.39. The maximum absolute atomic E-state index is 12.8. The molecule has 30 heavy (non-hydrogen) atoms. The molecule has 1 aliphatic rings. The smallest absolute Gasteiger partial charge is 0.275 e. The van der Waals surface area contributed by atoms with Crippen LogP contribution in [0, 0.1) is 0 Å². The summed E-state index contributed by atoms with van der Waals surface area (Å²) in [5.41, 5.74) is 8.41. The summed E-state index contributed by atoms with van der Waals surface area (Å²) in [7, 11) is 0. The molecule has 7 nitrogen and oxygen atoms in total. The van der Waals surface area contributed by atoms with E-state index in [0.29, 0.717) is 13.1 Å². The Morgan fingerprint density at radius 1 is 1.00 bits per heavy atom. The third-order valence-corrected chi connectivity index (χ3v) is 5.45. The van der Waals surface area contributed by atoms with Crippen LogP contribution in [0.15, 0.2) is 71.3 Å². The predicted octanol–water partition coefficient (Wildman–Crippen LogP) is 2.21. The number of benzene rings is 2. The van der Waals surface area contributed by atoms with Crippen molar-refractivity contribution in [3.05, 3.63) is 89.6 Å². The van der Waals surface area contributed by atoms with Crippen LogP contribution in [0.3, 0.4) is 0 Å². The minimum absolute atomic E-state index is 0.144. The van der Waals surface area contributed by atoms with Gasteiger partial charge >= 0.3 is 0 Å². The number of carbonyl (C=O) groups excluding carboxylic acids is 1. The van der Waals surface area contributed by atoms with E-state index in [1.54, 1.807) is 4.90 Å². The molecule has 1 unspecified atom stereocenters. The molecular formula is C23H26N4O3. The van der Waals surface area contributed by atoms with Gasteiger partial charge in [0.05, 0.1) is 12.6 Å². The van der Waals surface area contributed by atoms with Crippen molar-refractivity contribution in [1.29, 1.82) is 0 Å². The lowest BCUT2D eigenvalue weighted by atomic mass is 9.96. The summed E-state index contributed by atoms with van der Waals surface area (Å²) in [6.07, 6.45) is 1.32. The first-order chi connectivity index (χ1) is 14.7. The lowest BCUT2D eigenvalue weighted by Crippen LogP contribution is -2.50. The fourth-order valence-electron chi connectivity index (χ4n) is 3.86. The summed E-state index contributed by atoms with van der Waals surface area (Å²) in [5, 5.41) is 9.13. The summed E-state index contributed by atoms with van der Waals surface area (Å²) in [5.74, 6) is -0.00142. The largest absolute Gasteiger partial charge is 0.446 e. The van der Waals surface area contributed by atoms with Gasteiger partial charge in [0.15, 0.2) is 5.69 Å². The number of hydrogen-bond donors (Lipinski definition) is 2. The summed E-state index contributed by atoms with van der Waals surface area (Å²) < 4.78 is 5.25. The first-order valence-electron chi connectivity index (χ1n) is 10.1. The molecule has 1 saturated heterocycles. The molecule has 0 bridgehead atoms. The molecule has 7 heteroatoms. The Balaban J connectivity index is 1.47. The monoisotopic (exact) mass is 406 g/mol. The zero-order chi connectivity index (χ0) is 20.9. The van der Waals surface area contributed by atoms with Gasteiger partial charge in [-0.25, -0.2) is 4.98 Å². The molecule has 1 aromatic heterocycles. The number of oxazole rings is 1. The van der Waals surface area contributed by atoms with Gasteiger partial charge in [-0.3, -0.25) is 9.69 Å². The van der Waals surface area contributed by atoms with Crippen LogP contribution < -0.4 is 5.73 Å². The SMILES string of the molecule is NC(CO)c1nc(C(=O)N2CCN(C(c3ccccc3)c3ccccc3)CC2)co1. The quantitative estimate of drug-likeness (QED) is 0.652. The zero-order valence-corrected chi connectivity index (χ0v) is 16.7. The van der Waals surface area contributed by atoms with Crippen LogP contribution in [0.2, 0.25) is 0 Å². The number of rotatable bonds is 6. The molecule has 1 atom stereocenters. The zero-order valence-electron chi connectivity index (χ0n) is 16.7. The molecule has 2 heterocycles. The second-order valence-electron chi connectivity index (χ2n) is 7.41. The standard InChI is InChI=1S/C23H26N4O3/c24-19(15-28)22-25-20(16-30-22)23(29)27-13-11-26(12-14-27)21(17-7-3-1-4-8-17)18-9-5-2-6-10-18/h1-10,16,19,21,28H,11-15,24H2. The van der Waals surface area contributed by atoms with Crippen LogP contribution in [-0.2, 0) is 0 Å². The summed E-state index contributed by atoms with van der Waals surface area (Å²) >= 11 is 0. The Labute approximate surface area is 175 Å². The summed E-state index contributed by atoms with van der Waals surface area (Å²) in [6, 6.07) is 20.3. The molecule has 156 valence electrons. The molecule has 1 amide bonds. The molecule has 0 spiro atoms. The Hall–Kier alpha value is -3.00. The molecule has 1 aliphatic heterocycles. The van der Waals surface area contributed by atoms with Crippen molar-refractivity contribution in [2.45, 2.75) is 12.1 Å². The van der Waals surface area contributed by atoms with Crippen LogP contribution in [0.1, 0.15) is 39.6 Å². The molecule has 2 aromatic carbocycles. The van der Waals surface area contributed by atoms with Crippen molar-refractivity contribution < 1.29 is 14.3 Å². The van der Waals surface area contributed by atoms with E-state index in [0.717, 1.165) is 13.1 Å². The fourth-order valence-corrected chi connectivity index (χ4v) is 3.86. The molecule has 0 saturated carbocycles. The second kappa shape index (κ2) is 9.21. The van der Waals surface area contributed by atoms with Crippen molar-refractivity contribution in [3.8, 4) is 0 Å². The minimum Gasteiger partial charge on any atom is -0.446 e. The van der Waals surface area contributed by atoms with Crippen LogP contribution >= 0.6 is 0 Å². The highest BCUT2D eigenvalue weighted by atomic mass is 16.3. The maximum atomic E-state index is 12.8. The second-order valence-corrected chi connectivity index (χ2v) is 7.41.